The van der Waals surface area contributed by atoms with E-state index >= 15 is 0 Å². The Bertz CT molecular complexity index is 1330. The number of rotatable bonds is 7. The van der Waals surface area contributed by atoms with E-state index in [2.05, 4.69) is 10.0 Å². The van der Waals surface area contributed by atoms with E-state index in [1.807, 2.05) is 0 Å². The summed E-state index contributed by atoms with van der Waals surface area (Å²) in [4.78, 5) is 24.3. The average Bonchev–Trinajstić information content (AvgIpc) is 2.70. The lowest BCUT2D eigenvalue weighted by Gasteiger charge is -2.19. The van der Waals surface area contributed by atoms with Crippen LogP contribution in [0.3, 0.4) is 0 Å². The number of anilines is 1. The summed E-state index contributed by atoms with van der Waals surface area (Å²) in [5.74, 6) is -1.86. The topological polar surface area (TPSA) is 126 Å². The molecule has 1 aromatic heterocycles. The Morgan fingerprint density at radius 3 is 2.58 bits per heavy atom. The number of hydrogen-bond donors (Lipinski definition) is 3. The summed E-state index contributed by atoms with van der Waals surface area (Å²) in [5.41, 5.74) is -0.488. The number of carboxylic acids is 1. The van der Waals surface area contributed by atoms with E-state index < -0.39 is 38.4 Å². The number of benzene rings is 2. The molecule has 10 heteroatoms. The van der Waals surface area contributed by atoms with Gasteiger partial charge in [0.15, 0.2) is 5.43 Å². The van der Waals surface area contributed by atoms with Crippen molar-refractivity contribution in [3.63, 3.8) is 0 Å². The molecule has 3 rings (SSSR count). The van der Waals surface area contributed by atoms with Gasteiger partial charge in [0.25, 0.3) is 10.0 Å². The zero-order valence-electron chi connectivity index (χ0n) is 17.0. The Labute approximate surface area is 177 Å². The Kier molecular flexibility index (Phi) is 6.14. The second-order valence-corrected chi connectivity index (χ2v) is 8.60. The fraction of sp³-hybridized carbons (Fsp3) is 0.238. The minimum absolute atomic E-state index is 0.00256. The highest BCUT2D eigenvalue weighted by Crippen LogP contribution is 2.30. The number of aromatic carboxylic acids is 1. The SMILES string of the molecule is CCNS(=O)(=O)c1oc2c(C(C)Nc3ccccc3C(=O)O)cc(F)cc2c(=O)c1C. The maximum atomic E-state index is 14.3. The van der Waals surface area contributed by atoms with Gasteiger partial charge < -0.3 is 14.8 Å². The smallest absolute Gasteiger partial charge is 0.337 e. The van der Waals surface area contributed by atoms with Crippen LogP contribution in [0.15, 0.2) is 50.7 Å². The molecule has 0 saturated carbocycles. The molecule has 1 heterocycles. The molecule has 8 nitrogen and oxygen atoms in total. The highest BCUT2D eigenvalue weighted by atomic mass is 32.2. The molecule has 2 aromatic carbocycles. The van der Waals surface area contributed by atoms with Crippen LogP contribution in [-0.2, 0) is 10.0 Å². The van der Waals surface area contributed by atoms with E-state index in [1.165, 1.54) is 13.0 Å². The molecule has 0 saturated heterocycles. The second-order valence-electron chi connectivity index (χ2n) is 6.93. The quantitative estimate of drug-likeness (QED) is 0.506. The van der Waals surface area contributed by atoms with Crippen molar-refractivity contribution < 1.29 is 27.1 Å². The van der Waals surface area contributed by atoms with E-state index in [9.17, 15) is 27.5 Å². The molecule has 1 atom stereocenters. The summed E-state index contributed by atoms with van der Waals surface area (Å²) in [5, 5.41) is 11.7. The van der Waals surface area contributed by atoms with Crippen molar-refractivity contribution in [3.8, 4) is 0 Å². The fourth-order valence-corrected chi connectivity index (χ4v) is 4.50. The second kappa shape index (κ2) is 8.48. The van der Waals surface area contributed by atoms with Gasteiger partial charge in [0.1, 0.15) is 11.4 Å². The van der Waals surface area contributed by atoms with Gasteiger partial charge in [0, 0.05) is 17.8 Å². The standard InChI is InChI=1S/C21H21FN2O6S/c1-4-23-31(28,29)21-11(2)18(25)16-10-13(22)9-15(19(16)30-21)12(3)24-17-8-6-5-7-14(17)20(26)27/h5-10,12,23-24H,4H2,1-3H3,(H,26,27). The van der Waals surface area contributed by atoms with Gasteiger partial charge in [0.2, 0.25) is 5.09 Å². The van der Waals surface area contributed by atoms with Gasteiger partial charge in [0.05, 0.1) is 22.6 Å². The zero-order chi connectivity index (χ0) is 22.9. The minimum atomic E-state index is -4.09. The van der Waals surface area contributed by atoms with E-state index in [4.69, 9.17) is 4.42 Å². The van der Waals surface area contributed by atoms with Gasteiger partial charge in [-0.2, -0.15) is 0 Å². The molecular formula is C21H21FN2O6S. The molecule has 0 fully saturated rings. The Hall–Kier alpha value is -3.24. The molecule has 164 valence electrons. The number of carboxylic acid groups (broad SMARTS) is 1. The summed E-state index contributed by atoms with van der Waals surface area (Å²) in [6.07, 6.45) is 0. The van der Waals surface area contributed by atoms with E-state index in [0.717, 1.165) is 12.1 Å². The van der Waals surface area contributed by atoms with E-state index in [1.54, 1.807) is 32.0 Å². The lowest BCUT2D eigenvalue weighted by Crippen LogP contribution is -2.26. The van der Waals surface area contributed by atoms with Gasteiger partial charge in [-0.3, -0.25) is 4.79 Å². The van der Waals surface area contributed by atoms with Gasteiger partial charge in [-0.25, -0.2) is 22.3 Å². The highest BCUT2D eigenvalue weighted by Gasteiger charge is 2.25. The summed E-state index contributed by atoms with van der Waals surface area (Å²) >= 11 is 0. The predicted molar refractivity (Wildman–Crippen MR) is 113 cm³/mol. The highest BCUT2D eigenvalue weighted by molar-refractivity contribution is 7.89. The molecule has 3 N–H and O–H groups in total. The Morgan fingerprint density at radius 2 is 1.94 bits per heavy atom. The lowest BCUT2D eigenvalue weighted by atomic mass is 10.0. The maximum absolute atomic E-state index is 14.3. The average molecular weight is 448 g/mol. The van der Waals surface area contributed by atoms with Crippen LogP contribution in [0, 0.1) is 12.7 Å². The number of halogens is 1. The summed E-state index contributed by atoms with van der Waals surface area (Å²) in [7, 11) is -4.09. The molecule has 0 spiro atoms. The molecule has 1 unspecified atom stereocenters. The van der Waals surface area contributed by atoms with Crippen LogP contribution in [-0.4, -0.2) is 26.0 Å². The van der Waals surface area contributed by atoms with E-state index in [0.29, 0.717) is 0 Å². The number of carbonyl (C=O) groups is 1. The number of fused-ring (bicyclic) bond motifs is 1. The summed E-state index contributed by atoms with van der Waals surface area (Å²) < 4.78 is 47.3. The molecule has 3 aromatic rings. The van der Waals surface area contributed by atoms with Gasteiger partial charge in [-0.15, -0.1) is 0 Å². The molecule has 0 amide bonds. The molecule has 0 aliphatic carbocycles. The van der Waals surface area contributed by atoms with Gasteiger partial charge in [-0.05, 0) is 38.1 Å². The fourth-order valence-electron chi connectivity index (χ4n) is 3.30. The normalized spacial score (nSPS) is 12.6. The first-order valence-corrected chi connectivity index (χ1v) is 10.9. The molecule has 0 aliphatic rings. The molecular weight excluding hydrogens is 427 g/mol. The number of hydrogen-bond acceptors (Lipinski definition) is 6. The largest absolute Gasteiger partial charge is 0.478 e. The van der Waals surface area contributed by atoms with Gasteiger partial charge >= 0.3 is 5.97 Å². The van der Waals surface area contributed by atoms with Crippen LogP contribution in [0.4, 0.5) is 10.1 Å². The first-order valence-electron chi connectivity index (χ1n) is 9.42. The third-order valence-corrected chi connectivity index (χ3v) is 6.29. The van der Waals surface area contributed by atoms with Crippen LogP contribution in [0.2, 0.25) is 0 Å². The van der Waals surface area contributed by atoms with Crippen molar-refractivity contribution in [1.82, 2.24) is 4.72 Å². The summed E-state index contributed by atoms with van der Waals surface area (Å²) in [6.45, 7) is 4.58. The number of nitrogens with one attached hydrogen (secondary N) is 2. The molecule has 0 aliphatic heterocycles. The van der Waals surface area contributed by atoms with Gasteiger partial charge in [-0.1, -0.05) is 19.1 Å². The first-order chi connectivity index (χ1) is 14.6. The summed E-state index contributed by atoms with van der Waals surface area (Å²) in [6, 6.07) is 7.53. The van der Waals surface area contributed by atoms with Crippen molar-refractivity contribution in [2.45, 2.75) is 31.9 Å². The van der Waals surface area contributed by atoms with Crippen molar-refractivity contribution in [2.24, 2.45) is 0 Å². The third kappa shape index (κ3) is 4.30. The van der Waals surface area contributed by atoms with Crippen LogP contribution >= 0.6 is 0 Å². The number of para-hydroxylation sites is 1. The molecule has 0 bridgehead atoms. The van der Waals surface area contributed by atoms with Crippen molar-refractivity contribution in [2.75, 3.05) is 11.9 Å². The van der Waals surface area contributed by atoms with Crippen LogP contribution in [0.25, 0.3) is 11.0 Å². The van der Waals surface area contributed by atoms with Crippen LogP contribution < -0.4 is 15.5 Å². The predicted octanol–water partition coefficient (Wildman–Crippen LogP) is 3.41. The van der Waals surface area contributed by atoms with Crippen molar-refractivity contribution >= 4 is 32.6 Å². The minimum Gasteiger partial charge on any atom is -0.478 e. The Balaban J connectivity index is 2.22. The maximum Gasteiger partial charge on any atom is 0.337 e. The van der Waals surface area contributed by atoms with Crippen molar-refractivity contribution in [3.05, 3.63) is 69.1 Å². The molecule has 0 radical (unpaired) electrons. The molecule has 31 heavy (non-hydrogen) atoms. The first kappa shape index (κ1) is 22.4. The zero-order valence-corrected chi connectivity index (χ0v) is 17.8. The monoisotopic (exact) mass is 448 g/mol. The van der Waals surface area contributed by atoms with Crippen molar-refractivity contribution in [1.29, 1.82) is 0 Å². The van der Waals surface area contributed by atoms with Crippen LogP contribution in [0.1, 0.15) is 41.4 Å². The third-order valence-electron chi connectivity index (χ3n) is 4.74. The lowest BCUT2D eigenvalue weighted by molar-refractivity contribution is 0.0698. The van der Waals surface area contributed by atoms with E-state index in [-0.39, 0.29) is 39.9 Å². The Morgan fingerprint density at radius 1 is 1.26 bits per heavy atom. The van der Waals surface area contributed by atoms with Crippen LogP contribution in [0.5, 0.6) is 0 Å². The number of sulfonamides is 1.